The number of hydrogen-bond donors (Lipinski definition) is 1. The smallest absolute Gasteiger partial charge is 0.304 e. The highest BCUT2D eigenvalue weighted by Gasteiger charge is 2.30. The molecule has 0 unspecified atom stereocenters. The van der Waals surface area contributed by atoms with Crippen molar-refractivity contribution in [3.8, 4) is 5.75 Å². The molecule has 1 atom stereocenters. The van der Waals surface area contributed by atoms with Gasteiger partial charge in [-0.1, -0.05) is 35.0 Å². The third-order valence-electron chi connectivity index (χ3n) is 6.91. The van der Waals surface area contributed by atoms with Crippen molar-refractivity contribution in [1.82, 2.24) is 24.9 Å². The summed E-state index contributed by atoms with van der Waals surface area (Å²) in [5, 5.41) is 18.9. The number of carboxylic acids is 1. The fourth-order valence-electron chi connectivity index (χ4n) is 5.26. The summed E-state index contributed by atoms with van der Waals surface area (Å²) in [6.45, 7) is 7.99. The molecular formula is C28H30ClN5O3. The zero-order valence-corrected chi connectivity index (χ0v) is 22.2. The molecule has 8 nitrogen and oxygen atoms in total. The summed E-state index contributed by atoms with van der Waals surface area (Å²) < 4.78 is 7.96. The Kier molecular flexibility index (Phi) is 6.64. The molecule has 37 heavy (non-hydrogen) atoms. The van der Waals surface area contributed by atoms with Crippen molar-refractivity contribution < 1.29 is 14.6 Å². The summed E-state index contributed by atoms with van der Waals surface area (Å²) in [5.74, 6) is -0.424. The van der Waals surface area contributed by atoms with Gasteiger partial charge in [-0.05, 0) is 67.3 Å². The lowest BCUT2D eigenvalue weighted by Crippen LogP contribution is -2.40. The van der Waals surface area contributed by atoms with Crippen molar-refractivity contribution in [2.24, 2.45) is 7.05 Å². The van der Waals surface area contributed by atoms with E-state index < -0.39 is 11.6 Å². The van der Waals surface area contributed by atoms with Gasteiger partial charge in [-0.25, -0.2) is 4.68 Å². The third kappa shape index (κ3) is 5.17. The van der Waals surface area contributed by atoms with Gasteiger partial charge in [-0.3, -0.25) is 14.7 Å². The standard InChI is InChI=1S/C28H30ClN5O3/c1-17-20(8-10-24-27(17)31-32-33(24)4)21(13-26(35)36)18-7-9-22(29)19(12-18)14-34-15-23-25(6-5-11-30-23)37-28(2,3)16-34/h5-12,21H,13-16H2,1-4H3,(H,35,36)/t21-/m1/s1. The molecule has 0 radical (unpaired) electrons. The minimum Gasteiger partial charge on any atom is -0.485 e. The maximum absolute atomic E-state index is 11.9. The first kappa shape index (κ1) is 25.2. The van der Waals surface area contributed by atoms with E-state index in [1.165, 1.54) is 0 Å². The molecule has 0 fully saturated rings. The van der Waals surface area contributed by atoms with Crippen molar-refractivity contribution in [1.29, 1.82) is 0 Å². The van der Waals surface area contributed by atoms with Crippen LogP contribution in [0.25, 0.3) is 11.0 Å². The van der Waals surface area contributed by atoms with E-state index in [-0.39, 0.29) is 12.3 Å². The Morgan fingerprint density at radius 2 is 2.05 bits per heavy atom. The number of nitrogens with zero attached hydrogens (tertiary/aromatic N) is 5. The third-order valence-corrected chi connectivity index (χ3v) is 7.28. The topological polar surface area (TPSA) is 93.4 Å². The first-order valence-corrected chi connectivity index (χ1v) is 12.6. The summed E-state index contributed by atoms with van der Waals surface area (Å²) in [6, 6.07) is 13.6. The molecule has 1 N–H and O–H groups in total. The maximum atomic E-state index is 11.9. The summed E-state index contributed by atoms with van der Waals surface area (Å²) in [6.07, 6.45) is 1.73. The maximum Gasteiger partial charge on any atom is 0.304 e. The van der Waals surface area contributed by atoms with E-state index in [2.05, 4.69) is 34.0 Å². The number of ether oxygens (including phenoxy) is 1. The number of carboxylic acid groups (broad SMARTS) is 1. The van der Waals surface area contributed by atoms with E-state index in [1.54, 1.807) is 10.9 Å². The molecular weight excluding hydrogens is 490 g/mol. The van der Waals surface area contributed by atoms with Crippen LogP contribution in [0.2, 0.25) is 5.02 Å². The van der Waals surface area contributed by atoms with Crippen LogP contribution in [-0.2, 0) is 24.9 Å². The van der Waals surface area contributed by atoms with Gasteiger partial charge in [-0.2, -0.15) is 0 Å². The Morgan fingerprint density at radius 3 is 2.84 bits per heavy atom. The zero-order valence-electron chi connectivity index (χ0n) is 21.4. The largest absolute Gasteiger partial charge is 0.485 e. The molecule has 1 aliphatic heterocycles. The molecule has 0 saturated carbocycles. The second-order valence-corrected chi connectivity index (χ2v) is 10.7. The van der Waals surface area contributed by atoms with Gasteiger partial charge in [0.05, 0.1) is 17.6 Å². The SMILES string of the molecule is Cc1c([C@H](CC(=O)O)c2ccc(Cl)c(CN3Cc4ncccc4OC(C)(C)C3)c2)ccc2c1nnn2C. The predicted molar refractivity (Wildman–Crippen MR) is 142 cm³/mol. The fraction of sp³-hybridized carbons (Fsp3) is 0.357. The number of pyridine rings is 1. The Balaban J connectivity index is 1.51. The molecule has 1 aliphatic rings. The van der Waals surface area contributed by atoms with E-state index >= 15 is 0 Å². The first-order valence-electron chi connectivity index (χ1n) is 12.3. The lowest BCUT2D eigenvalue weighted by Gasteiger charge is -2.30. The summed E-state index contributed by atoms with van der Waals surface area (Å²) in [7, 11) is 1.84. The highest BCUT2D eigenvalue weighted by atomic mass is 35.5. The van der Waals surface area contributed by atoms with Crippen molar-refractivity contribution >= 4 is 28.6 Å². The van der Waals surface area contributed by atoms with Crippen LogP contribution in [-0.4, -0.2) is 48.1 Å². The second-order valence-electron chi connectivity index (χ2n) is 10.3. The average Bonchev–Trinajstić information content (AvgIpc) is 3.15. The Morgan fingerprint density at radius 1 is 1.24 bits per heavy atom. The Bertz CT molecular complexity index is 1480. The van der Waals surface area contributed by atoms with Crippen LogP contribution in [0.4, 0.5) is 0 Å². The number of halogens is 1. The number of aromatic nitrogens is 4. The van der Waals surface area contributed by atoms with Gasteiger partial charge in [0.2, 0.25) is 0 Å². The highest BCUT2D eigenvalue weighted by molar-refractivity contribution is 6.31. The van der Waals surface area contributed by atoms with E-state index in [1.807, 2.05) is 56.4 Å². The number of aliphatic carboxylic acids is 1. The zero-order chi connectivity index (χ0) is 26.3. The number of carbonyl (C=O) groups is 1. The minimum absolute atomic E-state index is 0.0461. The van der Waals surface area contributed by atoms with Crippen molar-refractivity contribution in [2.45, 2.75) is 51.8 Å². The summed E-state index contributed by atoms with van der Waals surface area (Å²) >= 11 is 6.69. The molecule has 192 valence electrons. The molecule has 4 aromatic rings. The molecule has 0 amide bonds. The van der Waals surface area contributed by atoms with Gasteiger partial charge < -0.3 is 9.84 Å². The van der Waals surface area contributed by atoms with Crippen LogP contribution >= 0.6 is 11.6 Å². The van der Waals surface area contributed by atoms with Crippen LogP contribution in [0.15, 0.2) is 48.7 Å². The van der Waals surface area contributed by atoms with Gasteiger partial charge in [0.15, 0.2) is 0 Å². The number of hydrogen-bond acceptors (Lipinski definition) is 6. The fourth-order valence-corrected chi connectivity index (χ4v) is 5.44. The lowest BCUT2D eigenvalue weighted by atomic mass is 9.85. The molecule has 2 aromatic heterocycles. The van der Waals surface area contributed by atoms with E-state index in [4.69, 9.17) is 16.3 Å². The van der Waals surface area contributed by atoms with Gasteiger partial charge in [0, 0.05) is 43.8 Å². The van der Waals surface area contributed by atoms with Crippen molar-refractivity contribution in [3.05, 3.63) is 81.6 Å². The number of benzene rings is 2. The van der Waals surface area contributed by atoms with Gasteiger partial charge in [-0.15, -0.1) is 5.10 Å². The quantitative estimate of drug-likeness (QED) is 0.378. The summed E-state index contributed by atoms with van der Waals surface area (Å²) in [4.78, 5) is 18.8. The summed E-state index contributed by atoms with van der Waals surface area (Å²) in [5.41, 5.74) is 5.85. The van der Waals surface area contributed by atoms with Crippen LogP contribution in [0.5, 0.6) is 5.75 Å². The molecule has 0 aliphatic carbocycles. The first-order chi connectivity index (χ1) is 17.6. The normalized spacial score (nSPS) is 16.1. The van der Waals surface area contributed by atoms with E-state index in [9.17, 15) is 9.90 Å². The number of rotatable bonds is 6. The van der Waals surface area contributed by atoms with Gasteiger partial charge in [0.25, 0.3) is 0 Å². The highest BCUT2D eigenvalue weighted by Crippen LogP contribution is 2.36. The minimum atomic E-state index is -0.866. The molecule has 0 saturated heterocycles. The number of aryl methyl sites for hydroxylation is 2. The van der Waals surface area contributed by atoms with Crippen LogP contribution < -0.4 is 4.74 Å². The van der Waals surface area contributed by atoms with E-state index in [0.29, 0.717) is 24.7 Å². The van der Waals surface area contributed by atoms with Gasteiger partial charge >= 0.3 is 5.97 Å². The molecule has 2 aromatic carbocycles. The average molecular weight is 520 g/mol. The Labute approximate surface area is 220 Å². The lowest BCUT2D eigenvalue weighted by molar-refractivity contribution is -0.137. The predicted octanol–water partition coefficient (Wildman–Crippen LogP) is 5.10. The van der Waals surface area contributed by atoms with E-state index in [0.717, 1.165) is 44.7 Å². The van der Waals surface area contributed by atoms with Gasteiger partial charge in [0.1, 0.15) is 16.9 Å². The van der Waals surface area contributed by atoms with Crippen molar-refractivity contribution in [2.75, 3.05) is 6.54 Å². The van der Waals surface area contributed by atoms with Crippen LogP contribution in [0.3, 0.4) is 0 Å². The Hall–Kier alpha value is -3.49. The molecule has 9 heteroatoms. The second kappa shape index (κ2) is 9.76. The molecule has 0 spiro atoms. The van der Waals surface area contributed by atoms with Crippen LogP contribution in [0.1, 0.15) is 54.1 Å². The molecule has 5 rings (SSSR count). The molecule has 0 bridgehead atoms. The number of fused-ring (bicyclic) bond motifs is 2. The molecule has 3 heterocycles. The van der Waals surface area contributed by atoms with Crippen molar-refractivity contribution in [3.63, 3.8) is 0 Å². The monoisotopic (exact) mass is 519 g/mol. The van der Waals surface area contributed by atoms with Crippen LogP contribution in [0, 0.1) is 6.92 Å².